The first-order valence-corrected chi connectivity index (χ1v) is 7.48. The van der Waals surface area contributed by atoms with Crippen molar-refractivity contribution in [2.24, 2.45) is 0 Å². The van der Waals surface area contributed by atoms with E-state index in [-0.39, 0.29) is 5.69 Å². The van der Waals surface area contributed by atoms with Crippen LogP contribution in [0.4, 0.5) is 5.82 Å². The molecule has 114 valence electrons. The van der Waals surface area contributed by atoms with Crippen LogP contribution in [-0.2, 0) is 6.54 Å². The normalized spacial score (nSPS) is 10.6. The van der Waals surface area contributed by atoms with Crippen LogP contribution in [0.1, 0.15) is 20.3 Å². The number of anilines is 1. The molecule has 0 bridgehead atoms. The predicted octanol–water partition coefficient (Wildman–Crippen LogP) is 1.36. The Morgan fingerprint density at radius 2 is 2.24 bits per heavy atom. The highest BCUT2D eigenvalue weighted by Crippen LogP contribution is 2.35. The minimum atomic E-state index is -0.239. The van der Waals surface area contributed by atoms with Crippen molar-refractivity contribution in [1.29, 1.82) is 0 Å². The summed E-state index contributed by atoms with van der Waals surface area (Å²) in [6.45, 7) is 5.28. The van der Waals surface area contributed by atoms with E-state index in [1.165, 1.54) is 22.7 Å². The first-order chi connectivity index (χ1) is 10.2. The highest BCUT2D eigenvalue weighted by molar-refractivity contribution is 7.99. The summed E-state index contributed by atoms with van der Waals surface area (Å²) in [7, 11) is 1.57. The fourth-order valence-corrected chi connectivity index (χ4v) is 2.69. The lowest BCUT2D eigenvalue weighted by Crippen LogP contribution is -2.16. The highest BCUT2D eigenvalue weighted by atomic mass is 32.2. The third-order valence-electron chi connectivity index (χ3n) is 2.75. The molecule has 2 rings (SSSR count). The summed E-state index contributed by atoms with van der Waals surface area (Å²) in [6.07, 6.45) is 2.44. The molecule has 9 heteroatoms. The molecule has 0 radical (unpaired) electrons. The zero-order chi connectivity index (χ0) is 15.2. The lowest BCUT2D eigenvalue weighted by atomic mass is 10.4. The Labute approximate surface area is 126 Å². The molecule has 0 aliphatic carbocycles. The van der Waals surface area contributed by atoms with Gasteiger partial charge in [-0.2, -0.15) is 0 Å². The van der Waals surface area contributed by atoms with Gasteiger partial charge in [-0.05, 0) is 25.1 Å². The van der Waals surface area contributed by atoms with Crippen LogP contribution in [0.15, 0.2) is 21.3 Å². The van der Waals surface area contributed by atoms with Gasteiger partial charge >= 0.3 is 5.69 Å². The molecule has 0 saturated heterocycles. The SMILES string of the molecule is CCCNc1ncnc(Sc2n[nH]c(=O)n2CC)c1OC. The van der Waals surface area contributed by atoms with Crippen LogP contribution in [0, 0.1) is 0 Å². The third kappa shape index (κ3) is 3.35. The van der Waals surface area contributed by atoms with E-state index in [0.29, 0.717) is 28.3 Å². The van der Waals surface area contributed by atoms with E-state index in [4.69, 9.17) is 4.74 Å². The van der Waals surface area contributed by atoms with E-state index in [1.807, 2.05) is 6.92 Å². The van der Waals surface area contributed by atoms with Crippen molar-refractivity contribution in [2.75, 3.05) is 19.0 Å². The second-order valence-corrected chi connectivity index (χ2v) is 5.10. The molecule has 0 aliphatic rings. The molecule has 21 heavy (non-hydrogen) atoms. The summed E-state index contributed by atoms with van der Waals surface area (Å²) in [4.78, 5) is 20.0. The predicted molar refractivity (Wildman–Crippen MR) is 80.0 cm³/mol. The van der Waals surface area contributed by atoms with E-state index in [0.717, 1.165) is 13.0 Å². The van der Waals surface area contributed by atoms with Crippen molar-refractivity contribution >= 4 is 17.6 Å². The van der Waals surface area contributed by atoms with Crippen molar-refractivity contribution in [3.05, 3.63) is 16.8 Å². The van der Waals surface area contributed by atoms with Gasteiger partial charge in [-0.1, -0.05) is 6.92 Å². The van der Waals surface area contributed by atoms with Crippen molar-refractivity contribution < 1.29 is 4.74 Å². The van der Waals surface area contributed by atoms with Crippen LogP contribution in [0.3, 0.4) is 0 Å². The summed E-state index contributed by atoms with van der Waals surface area (Å²) < 4.78 is 6.93. The quantitative estimate of drug-likeness (QED) is 0.745. The molecule has 0 fully saturated rings. The van der Waals surface area contributed by atoms with Crippen LogP contribution >= 0.6 is 11.8 Å². The molecular formula is C12H18N6O2S. The smallest absolute Gasteiger partial charge is 0.343 e. The zero-order valence-electron chi connectivity index (χ0n) is 12.2. The number of H-pyrrole nitrogens is 1. The number of aromatic amines is 1. The molecule has 0 spiro atoms. The summed E-state index contributed by atoms with van der Waals surface area (Å²) in [5.74, 6) is 1.19. The second kappa shape index (κ2) is 7.11. The number of hydrogen-bond acceptors (Lipinski definition) is 7. The number of rotatable bonds is 7. The Kier molecular flexibility index (Phi) is 5.20. The minimum Gasteiger partial charge on any atom is -0.490 e. The van der Waals surface area contributed by atoms with Gasteiger partial charge in [0.05, 0.1) is 7.11 Å². The van der Waals surface area contributed by atoms with Gasteiger partial charge in [-0.25, -0.2) is 19.9 Å². The molecule has 0 atom stereocenters. The van der Waals surface area contributed by atoms with Gasteiger partial charge in [0.2, 0.25) is 0 Å². The van der Waals surface area contributed by atoms with Crippen molar-refractivity contribution in [2.45, 2.75) is 37.0 Å². The molecule has 0 unspecified atom stereocenters. The minimum absolute atomic E-state index is 0.239. The van der Waals surface area contributed by atoms with Crippen LogP contribution < -0.4 is 15.7 Å². The molecule has 0 amide bonds. The molecule has 2 aromatic rings. The van der Waals surface area contributed by atoms with Crippen LogP contribution in [0.25, 0.3) is 0 Å². The first kappa shape index (κ1) is 15.4. The molecular weight excluding hydrogens is 292 g/mol. The fourth-order valence-electron chi connectivity index (χ4n) is 1.73. The van der Waals surface area contributed by atoms with E-state index in [9.17, 15) is 4.79 Å². The Balaban J connectivity index is 2.32. The maximum atomic E-state index is 11.6. The van der Waals surface area contributed by atoms with Gasteiger partial charge in [0.25, 0.3) is 0 Å². The first-order valence-electron chi connectivity index (χ1n) is 6.67. The lowest BCUT2D eigenvalue weighted by molar-refractivity contribution is 0.400. The monoisotopic (exact) mass is 310 g/mol. The fraction of sp³-hybridized carbons (Fsp3) is 0.500. The Bertz CT molecular complexity index is 653. The number of ether oxygens (including phenoxy) is 1. The zero-order valence-corrected chi connectivity index (χ0v) is 13.0. The van der Waals surface area contributed by atoms with Crippen molar-refractivity contribution in [1.82, 2.24) is 24.7 Å². The second-order valence-electron chi connectivity index (χ2n) is 4.15. The average molecular weight is 310 g/mol. The standard InChI is InChI=1S/C12H18N6O2S/c1-4-6-13-9-8(20-3)10(15-7-14-9)21-12-17-16-11(19)18(12)5-2/h7H,4-6H2,1-3H3,(H,16,19)(H,13,14,15). The molecule has 2 N–H and O–H groups in total. The number of aromatic nitrogens is 5. The van der Waals surface area contributed by atoms with E-state index in [1.54, 1.807) is 7.11 Å². The maximum Gasteiger partial charge on any atom is 0.343 e. The highest BCUT2D eigenvalue weighted by Gasteiger charge is 2.16. The molecule has 0 aliphatic heterocycles. The van der Waals surface area contributed by atoms with Gasteiger partial charge in [-0.3, -0.25) is 4.57 Å². The third-order valence-corrected chi connectivity index (χ3v) is 3.72. The Morgan fingerprint density at radius 1 is 1.43 bits per heavy atom. The number of methoxy groups -OCH3 is 1. The average Bonchev–Trinajstić information content (AvgIpc) is 2.85. The largest absolute Gasteiger partial charge is 0.490 e. The van der Waals surface area contributed by atoms with Crippen LogP contribution in [-0.4, -0.2) is 38.4 Å². The maximum absolute atomic E-state index is 11.6. The van der Waals surface area contributed by atoms with Crippen molar-refractivity contribution in [3.8, 4) is 5.75 Å². The van der Waals surface area contributed by atoms with Gasteiger partial charge in [0, 0.05) is 13.1 Å². The lowest BCUT2D eigenvalue weighted by Gasteiger charge is -2.12. The van der Waals surface area contributed by atoms with Crippen LogP contribution in [0.5, 0.6) is 5.75 Å². The number of hydrogen-bond donors (Lipinski definition) is 2. The van der Waals surface area contributed by atoms with Crippen LogP contribution in [0.2, 0.25) is 0 Å². The summed E-state index contributed by atoms with van der Waals surface area (Å²) in [5.41, 5.74) is -0.239. The summed E-state index contributed by atoms with van der Waals surface area (Å²) in [6, 6.07) is 0. The Hall–Kier alpha value is -2.03. The number of nitrogens with one attached hydrogen (secondary N) is 2. The topological polar surface area (TPSA) is 97.7 Å². The van der Waals surface area contributed by atoms with Gasteiger partial charge < -0.3 is 10.1 Å². The summed E-state index contributed by atoms with van der Waals surface area (Å²) in [5, 5.41) is 10.8. The van der Waals surface area contributed by atoms with Gasteiger partial charge in [0.1, 0.15) is 6.33 Å². The Morgan fingerprint density at radius 3 is 2.90 bits per heavy atom. The molecule has 0 saturated carbocycles. The van der Waals surface area contributed by atoms with E-state index < -0.39 is 0 Å². The van der Waals surface area contributed by atoms with E-state index >= 15 is 0 Å². The van der Waals surface area contributed by atoms with Gasteiger partial charge in [0.15, 0.2) is 21.7 Å². The summed E-state index contributed by atoms with van der Waals surface area (Å²) >= 11 is 1.26. The van der Waals surface area contributed by atoms with Gasteiger partial charge in [-0.15, -0.1) is 5.10 Å². The van der Waals surface area contributed by atoms with Crippen molar-refractivity contribution in [3.63, 3.8) is 0 Å². The van der Waals surface area contributed by atoms with E-state index in [2.05, 4.69) is 32.4 Å². The number of nitrogens with zero attached hydrogens (tertiary/aromatic N) is 4. The molecule has 2 aromatic heterocycles. The molecule has 2 heterocycles. The molecule has 8 nitrogen and oxygen atoms in total. The molecule has 0 aromatic carbocycles.